The van der Waals surface area contributed by atoms with Crippen LogP contribution in [0.5, 0.6) is 0 Å². The summed E-state index contributed by atoms with van der Waals surface area (Å²) in [5.41, 5.74) is 5.94. The Hall–Kier alpha value is -0.940. The van der Waals surface area contributed by atoms with E-state index < -0.39 is 5.54 Å². The van der Waals surface area contributed by atoms with Crippen LogP contribution in [0.25, 0.3) is 0 Å². The van der Waals surface area contributed by atoms with Gasteiger partial charge in [0.1, 0.15) is 0 Å². The van der Waals surface area contributed by atoms with Crippen LogP contribution in [0.2, 0.25) is 0 Å². The molecule has 3 rings (SSSR count). The number of aromatic nitrogens is 2. The van der Waals surface area contributed by atoms with Crippen molar-refractivity contribution >= 4 is 0 Å². The highest BCUT2D eigenvalue weighted by molar-refractivity contribution is 5.12. The maximum absolute atomic E-state index is 6.37. The highest BCUT2D eigenvalue weighted by Crippen LogP contribution is 2.40. The average Bonchev–Trinajstić information content (AvgIpc) is 2.88. The summed E-state index contributed by atoms with van der Waals surface area (Å²) in [5.74, 6) is 1.97. The zero-order valence-corrected chi connectivity index (χ0v) is 9.81. The SMILES string of the molecule is CC1CC(N)(c2noc(C3CC3)n2)CN1C. The van der Waals surface area contributed by atoms with Crippen molar-refractivity contribution in [3.8, 4) is 0 Å². The van der Waals surface area contributed by atoms with Crippen LogP contribution in [0.1, 0.15) is 43.8 Å². The number of nitrogens with two attached hydrogens (primary N) is 1. The molecule has 1 aliphatic heterocycles. The van der Waals surface area contributed by atoms with E-state index in [1.807, 2.05) is 0 Å². The van der Waals surface area contributed by atoms with Crippen molar-refractivity contribution in [3.63, 3.8) is 0 Å². The average molecular weight is 222 g/mol. The maximum atomic E-state index is 6.37. The van der Waals surface area contributed by atoms with E-state index in [0.717, 1.165) is 18.9 Å². The van der Waals surface area contributed by atoms with Gasteiger partial charge in [0.05, 0.1) is 5.54 Å². The molecule has 1 aromatic rings. The predicted molar refractivity (Wildman–Crippen MR) is 58.8 cm³/mol. The zero-order chi connectivity index (χ0) is 11.3. The second-order valence-electron chi connectivity index (χ2n) is 5.35. The van der Waals surface area contributed by atoms with Crippen LogP contribution in [-0.4, -0.2) is 34.7 Å². The van der Waals surface area contributed by atoms with Crippen molar-refractivity contribution in [3.05, 3.63) is 11.7 Å². The molecule has 1 saturated heterocycles. The molecule has 5 heteroatoms. The van der Waals surface area contributed by atoms with Crippen LogP contribution in [0, 0.1) is 0 Å². The summed E-state index contributed by atoms with van der Waals surface area (Å²) >= 11 is 0. The summed E-state index contributed by atoms with van der Waals surface area (Å²) < 4.78 is 5.28. The highest BCUT2D eigenvalue weighted by atomic mass is 16.5. The van der Waals surface area contributed by atoms with Crippen LogP contribution < -0.4 is 5.73 Å². The molecular formula is C11H18N4O. The first-order valence-electron chi connectivity index (χ1n) is 5.92. The third-order valence-electron chi connectivity index (χ3n) is 3.76. The fourth-order valence-electron chi connectivity index (χ4n) is 2.44. The van der Waals surface area contributed by atoms with Crippen LogP contribution in [0.4, 0.5) is 0 Å². The molecule has 16 heavy (non-hydrogen) atoms. The van der Waals surface area contributed by atoms with Crippen molar-refractivity contribution < 1.29 is 4.52 Å². The van der Waals surface area contributed by atoms with E-state index in [4.69, 9.17) is 10.3 Å². The molecule has 1 aromatic heterocycles. The van der Waals surface area contributed by atoms with Gasteiger partial charge in [0.2, 0.25) is 5.89 Å². The van der Waals surface area contributed by atoms with Gasteiger partial charge < -0.3 is 15.2 Å². The number of rotatable bonds is 2. The van der Waals surface area contributed by atoms with E-state index in [2.05, 4.69) is 29.0 Å². The standard InChI is InChI=1S/C11H18N4O/c1-7-5-11(12,6-15(7)2)10-13-9(16-14-10)8-3-4-8/h7-8H,3-6,12H2,1-2H3. The Kier molecular flexibility index (Phi) is 2.09. The van der Waals surface area contributed by atoms with Gasteiger partial charge in [-0.2, -0.15) is 4.98 Å². The van der Waals surface area contributed by atoms with E-state index in [-0.39, 0.29) is 0 Å². The Morgan fingerprint density at radius 1 is 1.50 bits per heavy atom. The van der Waals surface area contributed by atoms with Crippen LogP contribution >= 0.6 is 0 Å². The second-order valence-corrected chi connectivity index (χ2v) is 5.35. The molecule has 2 aliphatic rings. The second kappa shape index (κ2) is 3.28. The van der Waals surface area contributed by atoms with Gasteiger partial charge in [-0.3, -0.25) is 0 Å². The van der Waals surface area contributed by atoms with Crippen molar-refractivity contribution in [2.75, 3.05) is 13.6 Å². The Morgan fingerprint density at radius 2 is 2.25 bits per heavy atom. The first kappa shape index (κ1) is 10.2. The van der Waals surface area contributed by atoms with Crippen LogP contribution in [-0.2, 0) is 5.54 Å². The van der Waals surface area contributed by atoms with Crippen LogP contribution in [0.15, 0.2) is 4.52 Å². The largest absolute Gasteiger partial charge is 0.339 e. The molecule has 0 radical (unpaired) electrons. The van der Waals surface area contributed by atoms with Crippen LogP contribution in [0.3, 0.4) is 0 Å². The number of likely N-dealkylation sites (N-methyl/N-ethyl adjacent to an activating group) is 1. The minimum atomic E-state index is -0.426. The summed E-state index contributed by atoms with van der Waals surface area (Å²) in [6.07, 6.45) is 3.25. The Balaban J connectivity index is 1.85. The maximum Gasteiger partial charge on any atom is 0.229 e. The van der Waals surface area contributed by atoms with E-state index in [1.54, 1.807) is 0 Å². The molecule has 0 amide bonds. The van der Waals surface area contributed by atoms with Crippen molar-refractivity contribution in [2.45, 2.75) is 43.7 Å². The number of nitrogens with zero attached hydrogens (tertiary/aromatic N) is 3. The lowest BCUT2D eigenvalue weighted by molar-refractivity contribution is 0.312. The molecule has 2 heterocycles. The minimum absolute atomic E-state index is 0.426. The molecule has 1 aliphatic carbocycles. The molecule has 2 N–H and O–H groups in total. The number of hydrogen-bond acceptors (Lipinski definition) is 5. The molecule has 0 aromatic carbocycles. The topological polar surface area (TPSA) is 68.2 Å². The molecule has 88 valence electrons. The van der Waals surface area contributed by atoms with Gasteiger partial charge >= 0.3 is 0 Å². The number of likely N-dealkylation sites (tertiary alicyclic amines) is 1. The monoisotopic (exact) mass is 222 g/mol. The van der Waals surface area contributed by atoms with Gasteiger partial charge in [-0.05, 0) is 33.2 Å². The first-order chi connectivity index (χ1) is 7.58. The van der Waals surface area contributed by atoms with Gasteiger partial charge in [-0.1, -0.05) is 5.16 Å². The Labute approximate surface area is 95.0 Å². The lowest BCUT2D eigenvalue weighted by Gasteiger charge is -2.18. The minimum Gasteiger partial charge on any atom is -0.339 e. The normalized spacial score (nSPS) is 35.8. The van der Waals surface area contributed by atoms with Gasteiger partial charge in [-0.15, -0.1) is 0 Å². The zero-order valence-electron chi connectivity index (χ0n) is 9.81. The van der Waals surface area contributed by atoms with Crippen molar-refractivity contribution in [2.24, 2.45) is 5.73 Å². The summed E-state index contributed by atoms with van der Waals surface area (Å²) in [7, 11) is 2.08. The number of hydrogen-bond donors (Lipinski definition) is 1. The molecule has 2 fully saturated rings. The van der Waals surface area contributed by atoms with Crippen molar-refractivity contribution in [1.82, 2.24) is 15.0 Å². The smallest absolute Gasteiger partial charge is 0.229 e. The van der Waals surface area contributed by atoms with Gasteiger partial charge in [0, 0.05) is 18.5 Å². The fraction of sp³-hybridized carbons (Fsp3) is 0.818. The third-order valence-corrected chi connectivity index (χ3v) is 3.76. The van der Waals surface area contributed by atoms with E-state index >= 15 is 0 Å². The highest BCUT2D eigenvalue weighted by Gasteiger charge is 2.43. The summed E-state index contributed by atoms with van der Waals surface area (Å²) in [6, 6.07) is 0.480. The predicted octanol–water partition coefficient (Wildman–Crippen LogP) is 0.825. The van der Waals surface area contributed by atoms with E-state index in [0.29, 0.717) is 17.8 Å². The molecule has 2 atom stereocenters. The quantitative estimate of drug-likeness (QED) is 0.802. The summed E-state index contributed by atoms with van der Waals surface area (Å²) in [5, 5.41) is 4.06. The molecule has 0 spiro atoms. The van der Waals surface area contributed by atoms with Gasteiger partial charge in [0.25, 0.3) is 0 Å². The molecule has 0 bridgehead atoms. The molecule has 1 saturated carbocycles. The summed E-state index contributed by atoms with van der Waals surface area (Å²) in [6.45, 7) is 2.98. The molecule has 2 unspecified atom stereocenters. The third kappa shape index (κ3) is 1.55. The van der Waals surface area contributed by atoms with E-state index in [1.165, 1.54) is 12.8 Å². The Bertz CT molecular complexity index is 388. The molecule has 5 nitrogen and oxygen atoms in total. The van der Waals surface area contributed by atoms with Gasteiger partial charge in [-0.25, -0.2) is 0 Å². The lowest BCUT2D eigenvalue weighted by atomic mass is 9.97. The Morgan fingerprint density at radius 3 is 2.81 bits per heavy atom. The summed E-state index contributed by atoms with van der Waals surface area (Å²) in [4.78, 5) is 6.71. The van der Waals surface area contributed by atoms with Gasteiger partial charge in [0.15, 0.2) is 5.82 Å². The van der Waals surface area contributed by atoms with Crippen molar-refractivity contribution in [1.29, 1.82) is 0 Å². The lowest BCUT2D eigenvalue weighted by Crippen LogP contribution is -2.40. The fourth-order valence-corrected chi connectivity index (χ4v) is 2.44. The molecular weight excluding hydrogens is 204 g/mol. The first-order valence-corrected chi connectivity index (χ1v) is 5.92. The van der Waals surface area contributed by atoms with E-state index in [9.17, 15) is 0 Å².